The number of carbonyl (C=O) groups excluding carboxylic acids is 1. The molecule has 6 heteroatoms. The topological polar surface area (TPSA) is 59.4 Å². The van der Waals surface area contributed by atoms with Crippen molar-refractivity contribution in [1.29, 1.82) is 0 Å². The van der Waals surface area contributed by atoms with Crippen LogP contribution in [0.5, 0.6) is 0 Å². The van der Waals surface area contributed by atoms with Crippen molar-refractivity contribution in [2.24, 2.45) is 0 Å². The molecule has 1 atom stereocenters. The molecular weight excluding hydrogens is 268 g/mol. The lowest BCUT2D eigenvalue weighted by Gasteiger charge is -2.18. The van der Waals surface area contributed by atoms with Crippen molar-refractivity contribution in [2.75, 3.05) is 33.4 Å². The van der Waals surface area contributed by atoms with Gasteiger partial charge >= 0.3 is 6.03 Å². The molecule has 2 amide bonds. The van der Waals surface area contributed by atoms with Crippen LogP contribution in [-0.2, 0) is 11.3 Å². The van der Waals surface area contributed by atoms with E-state index in [0.717, 1.165) is 50.5 Å². The van der Waals surface area contributed by atoms with Crippen molar-refractivity contribution in [2.45, 2.75) is 39.2 Å². The first-order valence-corrected chi connectivity index (χ1v) is 7.71. The van der Waals surface area contributed by atoms with Crippen LogP contribution < -0.4 is 5.32 Å². The zero-order chi connectivity index (χ0) is 15.2. The molecule has 2 heterocycles. The summed E-state index contributed by atoms with van der Waals surface area (Å²) in [6.45, 7) is 7.90. The minimum atomic E-state index is 0.0473. The number of amides is 2. The van der Waals surface area contributed by atoms with Crippen LogP contribution in [0.2, 0.25) is 0 Å². The van der Waals surface area contributed by atoms with Gasteiger partial charge < -0.3 is 19.5 Å². The SMILES string of the molecule is CCCNC(=O)N1CCC(c2ncc(C)n2CCOC)C1. The van der Waals surface area contributed by atoms with Gasteiger partial charge in [-0.2, -0.15) is 0 Å². The monoisotopic (exact) mass is 294 g/mol. The zero-order valence-electron chi connectivity index (χ0n) is 13.3. The first-order valence-electron chi connectivity index (χ1n) is 7.71. The molecule has 1 aliphatic rings. The maximum atomic E-state index is 12.0. The zero-order valence-corrected chi connectivity index (χ0v) is 13.3. The largest absolute Gasteiger partial charge is 0.383 e. The van der Waals surface area contributed by atoms with E-state index in [-0.39, 0.29) is 6.03 Å². The molecule has 1 aromatic rings. The Bertz CT molecular complexity index is 472. The molecule has 1 fully saturated rings. The van der Waals surface area contributed by atoms with Gasteiger partial charge in [-0.05, 0) is 19.8 Å². The van der Waals surface area contributed by atoms with E-state index in [0.29, 0.717) is 12.5 Å². The van der Waals surface area contributed by atoms with Gasteiger partial charge in [0.25, 0.3) is 0 Å². The third-order valence-electron chi connectivity index (χ3n) is 3.97. The van der Waals surface area contributed by atoms with Gasteiger partial charge in [0.05, 0.1) is 6.61 Å². The fourth-order valence-electron chi connectivity index (χ4n) is 2.78. The number of aromatic nitrogens is 2. The number of carbonyl (C=O) groups is 1. The summed E-state index contributed by atoms with van der Waals surface area (Å²) >= 11 is 0. The number of likely N-dealkylation sites (tertiary alicyclic amines) is 1. The first kappa shape index (κ1) is 15.8. The fourth-order valence-corrected chi connectivity index (χ4v) is 2.78. The van der Waals surface area contributed by atoms with E-state index in [2.05, 4.69) is 28.7 Å². The Morgan fingerprint density at radius 1 is 1.57 bits per heavy atom. The summed E-state index contributed by atoms with van der Waals surface area (Å²) in [7, 11) is 1.71. The van der Waals surface area contributed by atoms with Crippen molar-refractivity contribution in [3.63, 3.8) is 0 Å². The lowest BCUT2D eigenvalue weighted by molar-refractivity contribution is 0.185. The third kappa shape index (κ3) is 3.75. The van der Waals surface area contributed by atoms with Crippen molar-refractivity contribution in [3.05, 3.63) is 17.7 Å². The molecule has 21 heavy (non-hydrogen) atoms. The van der Waals surface area contributed by atoms with E-state index in [1.807, 2.05) is 11.1 Å². The van der Waals surface area contributed by atoms with E-state index in [1.54, 1.807) is 7.11 Å². The molecule has 0 saturated carbocycles. The van der Waals surface area contributed by atoms with Crippen LogP contribution in [-0.4, -0.2) is 53.8 Å². The average Bonchev–Trinajstić information content (AvgIpc) is 3.09. The number of rotatable bonds is 6. The number of hydrogen-bond donors (Lipinski definition) is 1. The van der Waals surface area contributed by atoms with E-state index < -0.39 is 0 Å². The second-order valence-corrected chi connectivity index (χ2v) is 5.57. The van der Waals surface area contributed by atoms with Gasteiger partial charge in [0, 0.05) is 51.1 Å². The molecule has 1 N–H and O–H groups in total. The van der Waals surface area contributed by atoms with Gasteiger partial charge in [-0.25, -0.2) is 9.78 Å². The molecular formula is C15H26N4O2. The third-order valence-corrected chi connectivity index (χ3v) is 3.97. The van der Waals surface area contributed by atoms with Crippen LogP contribution in [0, 0.1) is 6.92 Å². The molecule has 1 unspecified atom stereocenters. The van der Waals surface area contributed by atoms with Gasteiger partial charge in [-0.3, -0.25) is 0 Å². The highest BCUT2D eigenvalue weighted by atomic mass is 16.5. The predicted octanol–water partition coefficient (Wildman–Crippen LogP) is 1.75. The number of imidazole rings is 1. The number of aryl methyl sites for hydroxylation is 1. The van der Waals surface area contributed by atoms with Gasteiger partial charge in [-0.15, -0.1) is 0 Å². The highest BCUT2D eigenvalue weighted by molar-refractivity contribution is 5.74. The molecule has 1 saturated heterocycles. The minimum absolute atomic E-state index is 0.0473. The number of nitrogens with one attached hydrogen (secondary N) is 1. The van der Waals surface area contributed by atoms with Crippen molar-refractivity contribution in [1.82, 2.24) is 19.8 Å². The summed E-state index contributed by atoms with van der Waals surface area (Å²) < 4.78 is 7.38. The summed E-state index contributed by atoms with van der Waals surface area (Å²) in [5, 5.41) is 2.94. The molecule has 0 aliphatic carbocycles. The molecule has 118 valence electrons. The standard InChI is InChI=1S/C15H26N4O2/c1-4-6-16-15(20)18-7-5-13(11-18)14-17-10-12(2)19(14)8-9-21-3/h10,13H,4-9,11H2,1-3H3,(H,16,20). The Balaban J connectivity index is 1.99. The number of methoxy groups -OCH3 is 1. The second kappa shape index (κ2) is 7.45. The van der Waals surface area contributed by atoms with Crippen molar-refractivity contribution < 1.29 is 9.53 Å². The Morgan fingerprint density at radius 3 is 3.10 bits per heavy atom. The van der Waals surface area contributed by atoms with Crippen LogP contribution in [0.15, 0.2) is 6.20 Å². The molecule has 6 nitrogen and oxygen atoms in total. The first-order chi connectivity index (χ1) is 10.2. The lowest BCUT2D eigenvalue weighted by atomic mass is 10.1. The van der Waals surface area contributed by atoms with Gasteiger partial charge in [0.1, 0.15) is 5.82 Å². The van der Waals surface area contributed by atoms with Gasteiger partial charge in [0.15, 0.2) is 0 Å². The summed E-state index contributed by atoms with van der Waals surface area (Å²) in [5.41, 5.74) is 1.15. The Hall–Kier alpha value is -1.56. The maximum absolute atomic E-state index is 12.0. The number of nitrogens with zero attached hydrogens (tertiary/aromatic N) is 3. The maximum Gasteiger partial charge on any atom is 0.317 e. The van der Waals surface area contributed by atoms with Gasteiger partial charge in [0.2, 0.25) is 0 Å². The van der Waals surface area contributed by atoms with E-state index in [1.165, 1.54) is 0 Å². The van der Waals surface area contributed by atoms with Gasteiger partial charge in [-0.1, -0.05) is 6.92 Å². The fraction of sp³-hybridized carbons (Fsp3) is 0.733. The summed E-state index contributed by atoms with van der Waals surface area (Å²) in [6, 6.07) is 0.0473. The quantitative estimate of drug-likeness (QED) is 0.869. The second-order valence-electron chi connectivity index (χ2n) is 5.57. The van der Waals surface area contributed by atoms with Crippen LogP contribution in [0.3, 0.4) is 0 Å². The highest BCUT2D eigenvalue weighted by Crippen LogP contribution is 2.27. The molecule has 0 aromatic carbocycles. The Labute approximate surface area is 126 Å². The number of urea groups is 1. The number of hydrogen-bond acceptors (Lipinski definition) is 3. The van der Waals surface area contributed by atoms with E-state index in [9.17, 15) is 4.79 Å². The normalized spacial score (nSPS) is 18.2. The summed E-state index contributed by atoms with van der Waals surface area (Å²) in [6.07, 6.45) is 3.84. The molecule has 1 aromatic heterocycles. The lowest BCUT2D eigenvalue weighted by Crippen LogP contribution is -2.38. The smallest absolute Gasteiger partial charge is 0.317 e. The Kier molecular flexibility index (Phi) is 5.61. The van der Waals surface area contributed by atoms with Crippen LogP contribution in [0.4, 0.5) is 4.79 Å². The van der Waals surface area contributed by atoms with Crippen LogP contribution >= 0.6 is 0 Å². The van der Waals surface area contributed by atoms with E-state index in [4.69, 9.17) is 4.74 Å². The minimum Gasteiger partial charge on any atom is -0.383 e. The predicted molar refractivity (Wildman–Crippen MR) is 81.5 cm³/mol. The number of ether oxygens (including phenoxy) is 1. The van der Waals surface area contributed by atoms with Crippen molar-refractivity contribution in [3.8, 4) is 0 Å². The van der Waals surface area contributed by atoms with Crippen LogP contribution in [0.1, 0.15) is 37.2 Å². The molecule has 1 aliphatic heterocycles. The molecule has 0 radical (unpaired) electrons. The Morgan fingerprint density at radius 2 is 2.38 bits per heavy atom. The molecule has 0 bridgehead atoms. The van der Waals surface area contributed by atoms with Crippen LogP contribution in [0.25, 0.3) is 0 Å². The molecule has 2 rings (SSSR count). The average molecular weight is 294 g/mol. The van der Waals surface area contributed by atoms with E-state index >= 15 is 0 Å². The highest BCUT2D eigenvalue weighted by Gasteiger charge is 2.30. The summed E-state index contributed by atoms with van der Waals surface area (Å²) in [4.78, 5) is 18.5. The summed E-state index contributed by atoms with van der Waals surface area (Å²) in [5.74, 6) is 1.40. The van der Waals surface area contributed by atoms with Crippen molar-refractivity contribution >= 4 is 6.03 Å². The molecule has 0 spiro atoms.